The predicted octanol–water partition coefficient (Wildman–Crippen LogP) is 5.98. The summed E-state index contributed by atoms with van der Waals surface area (Å²) < 4.78 is 2.10. The minimum Gasteiger partial charge on any atom is -0.481 e. The number of carbonyl (C=O) groups excluding carboxylic acids is 1. The van der Waals surface area contributed by atoms with Crippen molar-refractivity contribution in [2.45, 2.75) is 53.5 Å². The van der Waals surface area contributed by atoms with Gasteiger partial charge in [-0.3, -0.25) is 19.6 Å². The van der Waals surface area contributed by atoms with Crippen LogP contribution in [0.1, 0.15) is 64.9 Å². The van der Waals surface area contributed by atoms with Crippen LogP contribution in [0.4, 0.5) is 0 Å². The summed E-state index contributed by atoms with van der Waals surface area (Å²) in [6.07, 6.45) is 5.47. The van der Waals surface area contributed by atoms with Crippen LogP contribution in [0.15, 0.2) is 72.8 Å². The van der Waals surface area contributed by atoms with Crippen molar-refractivity contribution in [3.8, 4) is 11.1 Å². The summed E-state index contributed by atoms with van der Waals surface area (Å²) in [5.74, 6) is -1.00. The average Bonchev–Trinajstić information content (AvgIpc) is 3.22. The van der Waals surface area contributed by atoms with Crippen LogP contribution in [0, 0.1) is 0 Å². The van der Waals surface area contributed by atoms with Crippen LogP contribution in [0.25, 0.3) is 27.7 Å². The van der Waals surface area contributed by atoms with Crippen molar-refractivity contribution in [1.29, 1.82) is 0 Å². The zero-order chi connectivity index (χ0) is 26.2. The number of aromatic nitrogens is 3. The second-order valence-electron chi connectivity index (χ2n) is 9.59. The first-order valence-corrected chi connectivity index (χ1v) is 11.8. The molecular formula is C30H34N4O3. The number of benzene rings is 1. The SMILES string of the molecule is C.CC(=O)C(=C(C)N)c1cnc2c(-c3ccc(C(C)(C)C(=O)O)cc3)cn([C@@H](C)c3ccccn3)c2c1. The minimum absolute atomic E-state index is 0. The molecule has 3 heterocycles. The molecule has 37 heavy (non-hydrogen) atoms. The number of pyridine rings is 2. The van der Waals surface area contributed by atoms with E-state index < -0.39 is 11.4 Å². The number of nitrogens with zero attached hydrogens (tertiary/aromatic N) is 3. The van der Waals surface area contributed by atoms with Crippen LogP contribution in [-0.2, 0) is 15.0 Å². The summed E-state index contributed by atoms with van der Waals surface area (Å²) in [6.45, 7) is 8.65. The summed E-state index contributed by atoms with van der Waals surface area (Å²) >= 11 is 0. The standard InChI is InChI=1S/C29H30N4O3.CH4/c1-17(30)26(19(3)34)21-14-25-27(32-15-21)23(16-33(25)18(2)24-8-6-7-13-31-24)20-9-11-22(12-10-20)29(4,5)28(35)36;/h6-16,18H,30H2,1-5H3,(H,35,36);1H4/t18-;/m0./s1. The Bertz CT molecular complexity index is 1480. The third-order valence-corrected chi connectivity index (χ3v) is 6.69. The Morgan fingerprint density at radius 2 is 1.73 bits per heavy atom. The molecule has 192 valence electrons. The molecule has 1 atom stereocenters. The highest BCUT2D eigenvalue weighted by Crippen LogP contribution is 2.35. The van der Waals surface area contributed by atoms with E-state index in [0.717, 1.165) is 27.9 Å². The number of ketones is 1. The van der Waals surface area contributed by atoms with Gasteiger partial charge in [-0.05, 0) is 63.9 Å². The first kappa shape index (κ1) is 27.3. The second kappa shape index (κ2) is 10.4. The van der Waals surface area contributed by atoms with Gasteiger partial charge in [-0.1, -0.05) is 37.8 Å². The molecule has 7 nitrogen and oxygen atoms in total. The number of allylic oxidation sites excluding steroid dienone is 2. The average molecular weight is 499 g/mol. The molecule has 0 saturated carbocycles. The number of nitrogens with two attached hydrogens (primary N) is 1. The van der Waals surface area contributed by atoms with E-state index >= 15 is 0 Å². The fourth-order valence-corrected chi connectivity index (χ4v) is 4.46. The molecule has 4 aromatic rings. The van der Waals surface area contributed by atoms with Crippen molar-refractivity contribution in [2.24, 2.45) is 5.73 Å². The van der Waals surface area contributed by atoms with Crippen molar-refractivity contribution in [3.63, 3.8) is 0 Å². The number of rotatable bonds is 7. The van der Waals surface area contributed by atoms with Gasteiger partial charge >= 0.3 is 5.97 Å². The Labute approximate surface area is 217 Å². The maximum Gasteiger partial charge on any atom is 0.313 e. The zero-order valence-corrected chi connectivity index (χ0v) is 21.1. The van der Waals surface area contributed by atoms with Gasteiger partial charge in [0.2, 0.25) is 0 Å². The van der Waals surface area contributed by atoms with Crippen LogP contribution >= 0.6 is 0 Å². The highest BCUT2D eigenvalue weighted by molar-refractivity contribution is 6.20. The van der Waals surface area contributed by atoms with Crippen molar-refractivity contribution >= 4 is 28.4 Å². The molecular weight excluding hydrogens is 464 g/mol. The molecule has 3 N–H and O–H groups in total. The lowest BCUT2D eigenvalue weighted by atomic mass is 9.84. The molecule has 0 aliphatic carbocycles. The van der Waals surface area contributed by atoms with E-state index in [4.69, 9.17) is 10.7 Å². The number of hydrogen-bond acceptors (Lipinski definition) is 5. The van der Waals surface area contributed by atoms with Gasteiger partial charge in [0.15, 0.2) is 5.78 Å². The molecule has 7 heteroatoms. The Balaban J connectivity index is 0.00000380. The summed E-state index contributed by atoms with van der Waals surface area (Å²) in [4.78, 5) is 33.3. The third kappa shape index (κ3) is 5.03. The van der Waals surface area contributed by atoms with Gasteiger partial charge in [-0.2, -0.15) is 0 Å². The molecule has 0 aliphatic heterocycles. The van der Waals surface area contributed by atoms with Gasteiger partial charge in [-0.25, -0.2) is 0 Å². The number of fused-ring (bicyclic) bond motifs is 1. The van der Waals surface area contributed by atoms with E-state index in [2.05, 4.69) is 16.5 Å². The van der Waals surface area contributed by atoms with E-state index in [-0.39, 0.29) is 19.3 Å². The number of hydrogen-bond donors (Lipinski definition) is 2. The largest absolute Gasteiger partial charge is 0.481 e. The normalized spacial score (nSPS) is 13.0. The van der Waals surface area contributed by atoms with Gasteiger partial charge in [0.1, 0.15) is 0 Å². The highest BCUT2D eigenvalue weighted by Gasteiger charge is 2.29. The van der Waals surface area contributed by atoms with Crippen molar-refractivity contribution in [1.82, 2.24) is 14.5 Å². The van der Waals surface area contributed by atoms with Crippen LogP contribution in [0.3, 0.4) is 0 Å². The monoisotopic (exact) mass is 498 g/mol. The van der Waals surface area contributed by atoms with Crippen LogP contribution < -0.4 is 5.73 Å². The number of carboxylic acids is 1. The molecule has 0 fully saturated rings. The van der Waals surface area contributed by atoms with Gasteiger partial charge < -0.3 is 15.4 Å². The number of Topliss-reactive ketones (excluding diaryl/α,β-unsaturated/α-hetero) is 1. The van der Waals surface area contributed by atoms with Crippen molar-refractivity contribution in [2.75, 3.05) is 0 Å². The van der Waals surface area contributed by atoms with E-state index in [0.29, 0.717) is 22.4 Å². The minimum atomic E-state index is -0.997. The van der Waals surface area contributed by atoms with Crippen LogP contribution in [-0.4, -0.2) is 31.4 Å². The molecule has 0 saturated heterocycles. The van der Waals surface area contributed by atoms with E-state index in [1.807, 2.05) is 54.7 Å². The molecule has 0 bridgehead atoms. The first-order valence-electron chi connectivity index (χ1n) is 11.8. The summed E-state index contributed by atoms with van der Waals surface area (Å²) in [5, 5.41) is 9.59. The summed E-state index contributed by atoms with van der Waals surface area (Å²) in [7, 11) is 0. The predicted molar refractivity (Wildman–Crippen MR) is 148 cm³/mol. The lowest BCUT2D eigenvalue weighted by molar-refractivity contribution is -0.142. The van der Waals surface area contributed by atoms with Crippen molar-refractivity contribution in [3.05, 3.63) is 89.6 Å². The van der Waals surface area contributed by atoms with E-state index in [1.165, 1.54) is 6.92 Å². The zero-order valence-electron chi connectivity index (χ0n) is 21.1. The van der Waals surface area contributed by atoms with Crippen LogP contribution in [0.5, 0.6) is 0 Å². The number of aliphatic carboxylic acids is 1. The molecule has 3 aromatic heterocycles. The Hall–Kier alpha value is -4.26. The van der Waals surface area contributed by atoms with Crippen molar-refractivity contribution < 1.29 is 14.7 Å². The van der Waals surface area contributed by atoms with Gasteiger partial charge in [-0.15, -0.1) is 0 Å². The molecule has 0 radical (unpaired) electrons. The molecule has 1 aromatic carbocycles. The van der Waals surface area contributed by atoms with Gasteiger partial charge in [0.05, 0.1) is 28.2 Å². The van der Waals surface area contributed by atoms with Crippen LogP contribution in [0.2, 0.25) is 0 Å². The second-order valence-corrected chi connectivity index (χ2v) is 9.59. The molecule has 0 unspecified atom stereocenters. The lowest BCUT2D eigenvalue weighted by Gasteiger charge is -2.19. The maximum absolute atomic E-state index is 12.3. The van der Waals surface area contributed by atoms with Gasteiger partial charge in [0.25, 0.3) is 0 Å². The Morgan fingerprint density at radius 1 is 1.05 bits per heavy atom. The smallest absolute Gasteiger partial charge is 0.313 e. The summed E-state index contributed by atoms with van der Waals surface area (Å²) in [6, 6.07) is 15.2. The topological polar surface area (TPSA) is 111 Å². The van der Waals surface area contributed by atoms with Gasteiger partial charge in [0, 0.05) is 41.0 Å². The fourth-order valence-electron chi connectivity index (χ4n) is 4.46. The first-order chi connectivity index (χ1) is 17.0. The quantitative estimate of drug-likeness (QED) is 0.303. The number of carboxylic acid groups (broad SMARTS) is 1. The fraction of sp³-hybridized carbons (Fsp3) is 0.267. The van der Waals surface area contributed by atoms with E-state index in [9.17, 15) is 14.7 Å². The third-order valence-electron chi connectivity index (χ3n) is 6.69. The Kier molecular flexibility index (Phi) is 7.67. The molecule has 0 spiro atoms. The molecule has 0 aliphatic rings. The highest BCUT2D eigenvalue weighted by atomic mass is 16.4. The molecule has 4 rings (SSSR count). The Morgan fingerprint density at radius 3 is 2.27 bits per heavy atom. The van der Waals surface area contributed by atoms with E-state index in [1.54, 1.807) is 33.2 Å². The number of carbonyl (C=O) groups is 2. The maximum atomic E-state index is 12.3. The lowest BCUT2D eigenvalue weighted by Crippen LogP contribution is -2.28. The summed E-state index contributed by atoms with van der Waals surface area (Å²) in [5.41, 5.74) is 11.6. The molecule has 0 amide bonds.